The molecule has 1 aromatic rings. The second-order valence-electron chi connectivity index (χ2n) is 5.93. The van der Waals surface area contributed by atoms with Gasteiger partial charge in [0, 0.05) is 26.2 Å². The highest BCUT2D eigenvalue weighted by atomic mass is 32.2. The number of amides is 1. The van der Waals surface area contributed by atoms with Gasteiger partial charge in [0.2, 0.25) is 10.0 Å². The van der Waals surface area contributed by atoms with Crippen LogP contribution in [0, 0.1) is 0 Å². The van der Waals surface area contributed by atoms with Crippen LogP contribution in [0.2, 0.25) is 0 Å². The lowest BCUT2D eigenvalue weighted by Gasteiger charge is -2.14. The third-order valence-electron chi connectivity index (χ3n) is 3.99. The summed E-state index contributed by atoms with van der Waals surface area (Å²) in [4.78, 5) is 12.3. The van der Waals surface area contributed by atoms with Crippen molar-refractivity contribution in [2.24, 2.45) is 0 Å². The maximum atomic E-state index is 12.2. The second-order valence-corrected chi connectivity index (χ2v) is 8.08. The van der Waals surface area contributed by atoms with Gasteiger partial charge in [-0.25, -0.2) is 12.7 Å². The molecule has 2 rings (SSSR count). The maximum absolute atomic E-state index is 12.2. The fraction of sp³-hybridized carbons (Fsp3) is 0.471. The number of carbonyl (C=O) groups is 1. The lowest BCUT2D eigenvalue weighted by atomic mass is 9.97. The maximum Gasteiger partial charge on any atom is 0.251 e. The van der Waals surface area contributed by atoms with Gasteiger partial charge in [0.1, 0.15) is 0 Å². The van der Waals surface area contributed by atoms with E-state index in [1.165, 1.54) is 44.6 Å². The molecule has 0 aliphatic heterocycles. The highest BCUT2D eigenvalue weighted by Gasteiger charge is 2.18. The van der Waals surface area contributed by atoms with Crippen LogP contribution in [0.4, 0.5) is 0 Å². The Morgan fingerprint density at radius 2 is 2.04 bits per heavy atom. The predicted molar refractivity (Wildman–Crippen MR) is 90.8 cm³/mol. The first-order valence-electron chi connectivity index (χ1n) is 7.90. The van der Waals surface area contributed by atoms with Crippen molar-refractivity contribution in [1.82, 2.24) is 9.62 Å². The summed E-state index contributed by atoms with van der Waals surface area (Å²) in [6, 6.07) is 6.14. The van der Waals surface area contributed by atoms with E-state index < -0.39 is 10.0 Å². The van der Waals surface area contributed by atoms with Gasteiger partial charge in [-0.05, 0) is 50.3 Å². The number of nitrogens with zero attached hydrogens (tertiary/aromatic N) is 1. The van der Waals surface area contributed by atoms with Gasteiger partial charge in [0.15, 0.2) is 0 Å². The molecule has 1 N–H and O–H groups in total. The zero-order chi connectivity index (χ0) is 16.9. The van der Waals surface area contributed by atoms with Crippen LogP contribution >= 0.6 is 0 Å². The molecule has 0 spiro atoms. The van der Waals surface area contributed by atoms with Crippen LogP contribution in [0.5, 0.6) is 0 Å². The second kappa shape index (κ2) is 7.75. The summed E-state index contributed by atoms with van der Waals surface area (Å²) in [5.41, 5.74) is 1.77. The highest BCUT2D eigenvalue weighted by Crippen LogP contribution is 2.19. The van der Waals surface area contributed by atoms with Crippen molar-refractivity contribution in [3.05, 3.63) is 41.5 Å². The Balaban J connectivity index is 1.98. The minimum Gasteiger partial charge on any atom is -0.352 e. The number of allylic oxidation sites excluding steroid dienone is 1. The molecule has 1 aromatic carbocycles. The van der Waals surface area contributed by atoms with Gasteiger partial charge in [0.25, 0.3) is 5.91 Å². The summed E-state index contributed by atoms with van der Waals surface area (Å²) in [5.74, 6) is -0.239. The molecule has 0 radical (unpaired) electrons. The van der Waals surface area contributed by atoms with Crippen LogP contribution in [0.3, 0.4) is 0 Å². The molecule has 0 atom stereocenters. The number of nitrogens with one attached hydrogen (secondary N) is 1. The van der Waals surface area contributed by atoms with Crippen molar-refractivity contribution < 1.29 is 13.2 Å². The molecule has 6 heteroatoms. The van der Waals surface area contributed by atoms with Crippen LogP contribution in [0.1, 0.15) is 42.5 Å². The Morgan fingerprint density at radius 3 is 2.70 bits per heavy atom. The molecule has 0 aromatic heterocycles. The average Bonchev–Trinajstić information content (AvgIpc) is 2.55. The quantitative estimate of drug-likeness (QED) is 0.812. The number of hydrogen-bond donors (Lipinski definition) is 1. The number of sulfonamides is 1. The molecule has 23 heavy (non-hydrogen) atoms. The lowest BCUT2D eigenvalue weighted by molar-refractivity contribution is 0.0954. The Kier molecular flexibility index (Phi) is 5.96. The molecule has 0 fully saturated rings. The molecule has 1 amide bonds. The Bertz CT molecular complexity index is 694. The van der Waals surface area contributed by atoms with Crippen LogP contribution in [0.15, 0.2) is 40.8 Å². The molecule has 1 aliphatic rings. The summed E-state index contributed by atoms with van der Waals surface area (Å²) >= 11 is 0. The Labute approximate surface area is 138 Å². The molecule has 1 aliphatic carbocycles. The molecule has 0 unspecified atom stereocenters. The minimum atomic E-state index is -3.53. The minimum absolute atomic E-state index is 0.130. The van der Waals surface area contributed by atoms with E-state index in [1.807, 2.05) is 0 Å². The van der Waals surface area contributed by atoms with E-state index in [0.717, 1.165) is 23.6 Å². The van der Waals surface area contributed by atoms with Gasteiger partial charge < -0.3 is 5.32 Å². The fourth-order valence-corrected chi connectivity index (χ4v) is 3.53. The summed E-state index contributed by atoms with van der Waals surface area (Å²) in [5, 5.41) is 2.87. The van der Waals surface area contributed by atoms with E-state index >= 15 is 0 Å². The van der Waals surface area contributed by atoms with E-state index in [2.05, 4.69) is 11.4 Å². The highest BCUT2D eigenvalue weighted by molar-refractivity contribution is 7.89. The van der Waals surface area contributed by atoms with E-state index in [4.69, 9.17) is 0 Å². The zero-order valence-corrected chi connectivity index (χ0v) is 14.5. The van der Waals surface area contributed by atoms with Crippen molar-refractivity contribution >= 4 is 15.9 Å². The third kappa shape index (κ3) is 4.65. The van der Waals surface area contributed by atoms with Gasteiger partial charge in [-0.3, -0.25) is 4.79 Å². The first kappa shape index (κ1) is 17.7. The van der Waals surface area contributed by atoms with E-state index in [0.29, 0.717) is 12.1 Å². The molecule has 0 heterocycles. The fourth-order valence-electron chi connectivity index (χ4n) is 2.58. The molecule has 126 valence electrons. The Hall–Kier alpha value is -1.66. The van der Waals surface area contributed by atoms with E-state index in [-0.39, 0.29) is 10.8 Å². The van der Waals surface area contributed by atoms with Gasteiger partial charge in [0.05, 0.1) is 4.90 Å². The molecular formula is C17H24N2O3S. The van der Waals surface area contributed by atoms with Crippen molar-refractivity contribution in [2.45, 2.75) is 37.0 Å². The normalized spacial score (nSPS) is 15.3. The standard InChI is InChI=1S/C17H24N2O3S/c1-19(2)23(21,22)16-10-6-9-15(13-16)17(20)18-12-11-14-7-4-3-5-8-14/h6-7,9-10,13H,3-5,8,11-12H2,1-2H3,(H,18,20). The van der Waals surface area contributed by atoms with Crippen molar-refractivity contribution in [1.29, 1.82) is 0 Å². The number of hydrogen-bond acceptors (Lipinski definition) is 3. The number of rotatable bonds is 6. The molecule has 0 saturated heterocycles. The largest absolute Gasteiger partial charge is 0.352 e. The van der Waals surface area contributed by atoms with Gasteiger partial charge in [-0.2, -0.15) is 0 Å². The average molecular weight is 336 g/mol. The van der Waals surface area contributed by atoms with Crippen LogP contribution in [-0.2, 0) is 10.0 Å². The first-order chi connectivity index (χ1) is 10.9. The van der Waals surface area contributed by atoms with Crippen LogP contribution in [-0.4, -0.2) is 39.3 Å². The first-order valence-corrected chi connectivity index (χ1v) is 9.34. The molecule has 0 bridgehead atoms. The van der Waals surface area contributed by atoms with Crippen molar-refractivity contribution in [3.63, 3.8) is 0 Å². The van der Waals surface area contributed by atoms with E-state index in [1.54, 1.807) is 12.1 Å². The number of carbonyl (C=O) groups excluding carboxylic acids is 1. The summed E-state index contributed by atoms with van der Waals surface area (Å²) in [6.07, 6.45) is 7.86. The smallest absolute Gasteiger partial charge is 0.251 e. The third-order valence-corrected chi connectivity index (χ3v) is 5.80. The number of benzene rings is 1. The summed E-state index contributed by atoms with van der Waals surface area (Å²) in [7, 11) is -0.582. The monoisotopic (exact) mass is 336 g/mol. The summed E-state index contributed by atoms with van der Waals surface area (Å²) in [6.45, 7) is 0.579. The van der Waals surface area contributed by atoms with Crippen LogP contribution < -0.4 is 5.32 Å². The van der Waals surface area contributed by atoms with Gasteiger partial charge in [-0.1, -0.05) is 17.7 Å². The SMILES string of the molecule is CN(C)S(=O)(=O)c1cccc(C(=O)NCCC2=CCCCC2)c1. The predicted octanol–water partition coefficient (Wildman–Crippen LogP) is 2.56. The topological polar surface area (TPSA) is 66.5 Å². The Morgan fingerprint density at radius 1 is 1.26 bits per heavy atom. The van der Waals surface area contributed by atoms with Gasteiger partial charge >= 0.3 is 0 Å². The molecule has 5 nitrogen and oxygen atoms in total. The summed E-state index contributed by atoms with van der Waals surface area (Å²) < 4.78 is 25.4. The van der Waals surface area contributed by atoms with Crippen molar-refractivity contribution in [3.8, 4) is 0 Å². The van der Waals surface area contributed by atoms with E-state index in [9.17, 15) is 13.2 Å². The van der Waals surface area contributed by atoms with Crippen molar-refractivity contribution in [2.75, 3.05) is 20.6 Å². The van der Waals surface area contributed by atoms with Crippen LogP contribution in [0.25, 0.3) is 0 Å². The molecular weight excluding hydrogens is 312 g/mol. The molecule has 0 saturated carbocycles. The van der Waals surface area contributed by atoms with Gasteiger partial charge in [-0.15, -0.1) is 0 Å². The zero-order valence-electron chi connectivity index (χ0n) is 13.7. The lowest BCUT2D eigenvalue weighted by Crippen LogP contribution is -2.26.